The maximum Gasteiger partial charge on any atom is 0.407 e. The topological polar surface area (TPSA) is 78.3 Å². The number of carbonyl (C=O) groups is 1. The van der Waals surface area contributed by atoms with Gasteiger partial charge in [0.25, 0.3) is 0 Å². The fourth-order valence-electron chi connectivity index (χ4n) is 3.76. The van der Waals surface area contributed by atoms with Gasteiger partial charge in [0.2, 0.25) is 0 Å². The van der Waals surface area contributed by atoms with Gasteiger partial charge in [-0.2, -0.15) is 0 Å². The van der Waals surface area contributed by atoms with Gasteiger partial charge in [-0.05, 0) is 44.9 Å². The van der Waals surface area contributed by atoms with Crippen LogP contribution < -0.4 is 10.1 Å². The first kappa shape index (κ1) is 23.8. The predicted octanol–water partition coefficient (Wildman–Crippen LogP) is 5.82. The van der Waals surface area contributed by atoms with Crippen LogP contribution >= 0.6 is 11.6 Å². The summed E-state index contributed by atoms with van der Waals surface area (Å²) in [7, 11) is 0. The molecule has 0 spiro atoms. The lowest BCUT2D eigenvalue weighted by Gasteiger charge is -2.19. The minimum Gasteiger partial charge on any atom is -0.489 e. The van der Waals surface area contributed by atoms with E-state index in [1.807, 2.05) is 69.3 Å². The molecule has 34 heavy (non-hydrogen) atoms. The maximum absolute atomic E-state index is 11.9. The molecule has 7 nitrogen and oxygen atoms in total. The molecule has 0 atom stereocenters. The van der Waals surface area contributed by atoms with Crippen LogP contribution in [-0.2, 0) is 23.8 Å². The van der Waals surface area contributed by atoms with Gasteiger partial charge in [-0.15, -0.1) is 11.6 Å². The lowest BCUT2D eigenvalue weighted by molar-refractivity contribution is 0.0526. The standard InChI is InChI=1S/C26H29ClN4O3/c1-26(2,3)34-25(32)28-12-7-13-31-23(15-27)30-22-16-29-21-14-19(10-11-20(21)24(22)31)33-17-18-8-5-4-6-9-18/h4-6,8-11,14,16H,7,12-13,15,17H2,1-3H3,(H,28,32). The molecule has 4 rings (SSSR count). The van der Waals surface area contributed by atoms with Crippen LogP contribution in [0.5, 0.6) is 5.75 Å². The molecule has 2 aromatic heterocycles. The van der Waals surface area contributed by atoms with Gasteiger partial charge in [0.15, 0.2) is 0 Å². The molecule has 1 N–H and O–H groups in total. The Balaban J connectivity index is 1.51. The molecule has 178 valence electrons. The smallest absolute Gasteiger partial charge is 0.407 e. The first-order valence-corrected chi connectivity index (χ1v) is 11.8. The first-order valence-electron chi connectivity index (χ1n) is 11.3. The first-order chi connectivity index (χ1) is 16.3. The minimum atomic E-state index is -0.522. The fourth-order valence-corrected chi connectivity index (χ4v) is 3.96. The summed E-state index contributed by atoms with van der Waals surface area (Å²) < 4.78 is 13.4. The van der Waals surface area contributed by atoms with Gasteiger partial charge >= 0.3 is 6.09 Å². The molecule has 4 aromatic rings. The highest BCUT2D eigenvalue weighted by molar-refractivity contribution is 6.17. The third-order valence-electron chi connectivity index (χ3n) is 5.22. The number of aromatic nitrogens is 3. The van der Waals surface area contributed by atoms with Gasteiger partial charge in [0.1, 0.15) is 29.3 Å². The van der Waals surface area contributed by atoms with Crippen molar-refractivity contribution in [2.75, 3.05) is 6.54 Å². The number of benzene rings is 2. The Labute approximate surface area is 204 Å². The van der Waals surface area contributed by atoms with Gasteiger partial charge in [0.05, 0.1) is 23.1 Å². The molecule has 0 bridgehead atoms. The summed E-state index contributed by atoms with van der Waals surface area (Å²) in [5.41, 5.74) is 3.18. The highest BCUT2D eigenvalue weighted by Crippen LogP contribution is 2.28. The average Bonchev–Trinajstić information content (AvgIpc) is 3.18. The highest BCUT2D eigenvalue weighted by atomic mass is 35.5. The van der Waals surface area contributed by atoms with Crippen molar-refractivity contribution in [2.24, 2.45) is 0 Å². The number of alkyl carbamates (subject to hydrolysis) is 1. The van der Waals surface area contributed by atoms with Crippen LogP contribution in [0.15, 0.2) is 54.7 Å². The van der Waals surface area contributed by atoms with E-state index in [-0.39, 0.29) is 5.88 Å². The number of pyridine rings is 1. The van der Waals surface area contributed by atoms with Crippen LogP contribution in [0.2, 0.25) is 0 Å². The molecule has 0 saturated heterocycles. The van der Waals surface area contributed by atoms with E-state index in [4.69, 9.17) is 21.1 Å². The minimum absolute atomic E-state index is 0.286. The number of ether oxygens (including phenoxy) is 2. The predicted molar refractivity (Wildman–Crippen MR) is 134 cm³/mol. The molecule has 8 heteroatoms. The summed E-state index contributed by atoms with van der Waals surface area (Å²) in [6, 6.07) is 16.0. The lowest BCUT2D eigenvalue weighted by Crippen LogP contribution is -2.33. The van der Waals surface area contributed by atoms with E-state index in [9.17, 15) is 4.79 Å². The third-order valence-corrected chi connectivity index (χ3v) is 5.46. The Bertz CT molecular complexity index is 1280. The maximum atomic E-state index is 11.9. The highest BCUT2D eigenvalue weighted by Gasteiger charge is 2.17. The van der Waals surface area contributed by atoms with Crippen molar-refractivity contribution in [2.45, 2.75) is 51.8 Å². The largest absolute Gasteiger partial charge is 0.489 e. The van der Waals surface area contributed by atoms with Crippen LogP contribution in [0.1, 0.15) is 38.6 Å². The van der Waals surface area contributed by atoms with E-state index in [1.54, 1.807) is 6.20 Å². The fraction of sp³-hybridized carbons (Fsp3) is 0.346. The number of hydrogen-bond acceptors (Lipinski definition) is 5. The number of hydrogen-bond donors (Lipinski definition) is 1. The molecule has 0 aliphatic carbocycles. The van der Waals surface area contributed by atoms with Crippen molar-refractivity contribution in [1.82, 2.24) is 19.9 Å². The molecule has 2 heterocycles. The second-order valence-corrected chi connectivity index (χ2v) is 9.31. The van der Waals surface area contributed by atoms with E-state index in [2.05, 4.69) is 19.9 Å². The summed E-state index contributed by atoms with van der Waals surface area (Å²) in [4.78, 5) is 21.2. The molecule has 0 unspecified atom stereocenters. The number of aryl methyl sites for hydroxylation is 1. The number of amides is 1. The van der Waals surface area contributed by atoms with E-state index >= 15 is 0 Å². The number of nitrogens with one attached hydrogen (secondary N) is 1. The summed E-state index contributed by atoms with van der Waals surface area (Å²) in [6.07, 6.45) is 2.05. The number of rotatable bonds is 8. The molecule has 0 aliphatic heterocycles. The Kier molecular flexibility index (Phi) is 7.22. The molecule has 0 aliphatic rings. The van der Waals surface area contributed by atoms with E-state index in [1.165, 1.54) is 0 Å². The third kappa shape index (κ3) is 5.78. The average molecular weight is 481 g/mol. The molecule has 0 radical (unpaired) electrons. The second-order valence-electron chi connectivity index (χ2n) is 9.04. The lowest BCUT2D eigenvalue weighted by atomic mass is 10.2. The van der Waals surface area contributed by atoms with Crippen LogP contribution in [0.4, 0.5) is 4.79 Å². The number of halogens is 1. The van der Waals surface area contributed by atoms with Crippen molar-refractivity contribution >= 4 is 39.6 Å². The zero-order valence-electron chi connectivity index (χ0n) is 19.7. The van der Waals surface area contributed by atoms with Gasteiger partial charge in [-0.3, -0.25) is 4.98 Å². The van der Waals surface area contributed by atoms with Crippen molar-refractivity contribution < 1.29 is 14.3 Å². The molecule has 2 aromatic carbocycles. The summed E-state index contributed by atoms with van der Waals surface area (Å²) in [6.45, 7) is 7.15. The number of imidazole rings is 1. The van der Waals surface area contributed by atoms with Crippen molar-refractivity contribution in [1.29, 1.82) is 0 Å². The van der Waals surface area contributed by atoms with Crippen LogP contribution in [-0.4, -0.2) is 32.8 Å². The zero-order valence-corrected chi connectivity index (χ0v) is 20.4. The van der Waals surface area contributed by atoms with Gasteiger partial charge in [0, 0.05) is 24.5 Å². The van der Waals surface area contributed by atoms with Gasteiger partial charge in [-0.25, -0.2) is 9.78 Å². The van der Waals surface area contributed by atoms with Crippen molar-refractivity contribution in [3.63, 3.8) is 0 Å². The van der Waals surface area contributed by atoms with Crippen molar-refractivity contribution in [3.05, 3.63) is 66.1 Å². The molecule has 1 amide bonds. The summed E-state index contributed by atoms with van der Waals surface area (Å²) in [5.74, 6) is 1.81. The van der Waals surface area contributed by atoms with Crippen molar-refractivity contribution in [3.8, 4) is 5.75 Å². The van der Waals surface area contributed by atoms with Crippen LogP contribution in [0.25, 0.3) is 21.9 Å². The Morgan fingerprint density at radius 3 is 2.65 bits per heavy atom. The Morgan fingerprint density at radius 1 is 1.12 bits per heavy atom. The number of carbonyl (C=O) groups excluding carboxylic acids is 1. The Morgan fingerprint density at radius 2 is 1.91 bits per heavy atom. The van der Waals surface area contributed by atoms with E-state index < -0.39 is 11.7 Å². The Hall–Kier alpha value is -3.32. The summed E-state index contributed by atoms with van der Waals surface area (Å²) >= 11 is 6.20. The van der Waals surface area contributed by atoms with Gasteiger partial charge in [-0.1, -0.05) is 30.3 Å². The second kappa shape index (κ2) is 10.3. The van der Waals surface area contributed by atoms with Crippen LogP contribution in [0, 0.1) is 0 Å². The van der Waals surface area contributed by atoms with E-state index in [0.29, 0.717) is 26.1 Å². The molecular weight excluding hydrogens is 452 g/mol. The van der Waals surface area contributed by atoms with Gasteiger partial charge < -0.3 is 19.4 Å². The van der Waals surface area contributed by atoms with Crippen LogP contribution in [0.3, 0.4) is 0 Å². The summed E-state index contributed by atoms with van der Waals surface area (Å²) in [5, 5.41) is 3.78. The van der Waals surface area contributed by atoms with E-state index in [0.717, 1.165) is 39.1 Å². The molecule has 0 fully saturated rings. The number of alkyl halides is 1. The normalized spacial score (nSPS) is 11.6. The zero-order chi connectivity index (χ0) is 24.1. The number of nitrogens with zero attached hydrogens (tertiary/aromatic N) is 3. The molecular formula is C26H29ClN4O3. The quantitative estimate of drug-likeness (QED) is 0.254. The SMILES string of the molecule is CC(C)(C)OC(=O)NCCCn1c(CCl)nc2cnc3cc(OCc4ccccc4)ccc3c21. The monoisotopic (exact) mass is 480 g/mol. The molecule has 0 saturated carbocycles. The number of fused-ring (bicyclic) bond motifs is 3.